The van der Waals surface area contributed by atoms with Crippen molar-refractivity contribution in [3.8, 4) is 17.2 Å². The summed E-state index contributed by atoms with van der Waals surface area (Å²) in [6, 6.07) is 7.65. The van der Waals surface area contributed by atoms with Crippen LogP contribution in [0.2, 0.25) is 0 Å². The van der Waals surface area contributed by atoms with Crippen LogP contribution in [0.5, 0.6) is 17.2 Å². The molecule has 6 heteroatoms. The summed E-state index contributed by atoms with van der Waals surface area (Å²) in [7, 11) is 0. The lowest BCUT2D eigenvalue weighted by atomic mass is 10.0. The van der Waals surface area contributed by atoms with Crippen molar-refractivity contribution < 1.29 is 20.1 Å². The average Bonchev–Trinajstić information content (AvgIpc) is 2.76. The minimum Gasteiger partial charge on any atom is -0.508 e. The lowest BCUT2D eigenvalue weighted by molar-refractivity contribution is -0.117. The van der Waals surface area contributed by atoms with Gasteiger partial charge in [-0.15, -0.1) is 0 Å². The number of phenolic OH excluding ortho intramolecular Hbond substituents is 3. The fourth-order valence-electron chi connectivity index (χ4n) is 4.12. The Labute approximate surface area is 207 Å². The van der Waals surface area contributed by atoms with Crippen molar-refractivity contribution in [1.82, 2.24) is 0 Å². The third kappa shape index (κ3) is 6.92. The number of carbonyl (C=O) groups is 1. The summed E-state index contributed by atoms with van der Waals surface area (Å²) in [6.45, 7) is 8.75. The highest BCUT2D eigenvalue weighted by atomic mass is 16.3. The molecule has 0 saturated carbocycles. The summed E-state index contributed by atoms with van der Waals surface area (Å²) in [4.78, 5) is 14.9. The van der Waals surface area contributed by atoms with Crippen LogP contribution in [0.1, 0.15) is 58.9 Å². The molecule has 0 spiro atoms. The highest BCUT2D eigenvalue weighted by molar-refractivity contribution is 6.02. The lowest BCUT2D eigenvalue weighted by Crippen LogP contribution is -2.34. The van der Waals surface area contributed by atoms with E-state index in [0.29, 0.717) is 23.5 Å². The van der Waals surface area contributed by atoms with Gasteiger partial charge in [-0.05, 0) is 65.0 Å². The highest BCUT2D eigenvalue weighted by Crippen LogP contribution is 2.44. The standard InChI is InChI=1S/C29H36N2O4/c1-19(2)8-5-9-20(3)10-6-11-21(4)14-15-31-24-17-23(32)18-26(34)29(24)30-28-22(16-27(31)35)12-7-13-25(28)33/h7-8,10,12-14,17-18,30,32-34H,5-6,9,11,15-16H2,1-4H3/b20-10+,21-14+. The molecule has 0 saturated heterocycles. The molecule has 2 aromatic rings. The van der Waals surface area contributed by atoms with Crippen molar-refractivity contribution in [2.45, 2.75) is 59.8 Å². The number of hydrogen-bond donors (Lipinski definition) is 4. The van der Waals surface area contributed by atoms with Crippen LogP contribution < -0.4 is 10.2 Å². The van der Waals surface area contributed by atoms with E-state index < -0.39 is 0 Å². The van der Waals surface area contributed by atoms with Gasteiger partial charge in [-0.25, -0.2) is 0 Å². The molecule has 186 valence electrons. The molecule has 0 aromatic heterocycles. The fraction of sp³-hybridized carbons (Fsp3) is 0.345. The van der Waals surface area contributed by atoms with Crippen molar-refractivity contribution in [2.24, 2.45) is 0 Å². The number of hydrogen-bond acceptors (Lipinski definition) is 5. The van der Waals surface area contributed by atoms with Crippen molar-refractivity contribution in [3.05, 3.63) is 70.8 Å². The Bertz CT molecular complexity index is 1170. The van der Waals surface area contributed by atoms with Crippen LogP contribution in [-0.4, -0.2) is 27.8 Å². The second-order valence-electron chi connectivity index (χ2n) is 9.44. The molecule has 2 aromatic carbocycles. The van der Waals surface area contributed by atoms with Crippen LogP contribution in [0.4, 0.5) is 17.1 Å². The Morgan fingerprint density at radius 3 is 2.31 bits per heavy atom. The fourth-order valence-corrected chi connectivity index (χ4v) is 4.12. The van der Waals surface area contributed by atoms with Gasteiger partial charge in [0, 0.05) is 18.7 Å². The Kier molecular flexibility index (Phi) is 8.63. The molecule has 1 aliphatic rings. The summed E-state index contributed by atoms with van der Waals surface area (Å²) in [5, 5.41) is 34.1. The monoisotopic (exact) mass is 476 g/mol. The van der Waals surface area contributed by atoms with Gasteiger partial charge < -0.3 is 25.5 Å². The summed E-state index contributed by atoms with van der Waals surface area (Å²) in [5.41, 5.74) is 5.51. The van der Waals surface area contributed by atoms with Crippen molar-refractivity contribution in [3.63, 3.8) is 0 Å². The Balaban J connectivity index is 1.78. The molecule has 0 unspecified atom stereocenters. The van der Waals surface area contributed by atoms with Crippen LogP contribution in [0.25, 0.3) is 0 Å². The van der Waals surface area contributed by atoms with Crippen molar-refractivity contribution in [1.29, 1.82) is 0 Å². The molecule has 4 N–H and O–H groups in total. The number of nitrogens with one attached hydrogen (secondary N) is 1. The third-order valence-corrected chi connectivity index (χ3v) is 6.14. The topological polar surface area (TPSA) is 93.0 Å². The van der Waals surface area contributed by atoms with E-state index in [-0.39, 0.29) is 35.3 Å². The predicted molar refractivity (Wildman–Crippen MR) is 143 cm³/mol. The van der Waals surface area contributed by atoms with Crippen LogP contribution >= 0.6 is 0 Å². The maximum Gasteiger partial charge on any atom is 0.231 e. The van der Waals surface area contributed by atoms with Gasteiger partial charge in [0.05, 0.1) is 17.8 Å². The second kappa shape index (κ2) is 11.6. The van der Waals surface area contributed by atoms with Crippen molar-refractivity contribution >= 4 is 23.0 Å². The van der Waals surface area contributed by atoms with E-state index in [1.165, 1.54) is 29.3 Å². The zero-order valence-corrected chi connectivity index (χ0v) is 21.1. The van der Waals surface area contributed by atoms with Gasteiger partial charge in [0.15, 0.2) is 0 Å². The summed E-state index contributed by atoms with van der Waals surface area (Å²) < 4.78 is 0. The number of anilines is 3. The average molecular weight is 477 g/mol. The summed E-state index contributed by atoms with van der Waals surface area (Å²) >= 11 is 0. The molecule has 1 amide bonds. The van der Waals surface area contributed by atoms with Gasteiger partial charge in [0.25, 0.3) is 0 Å². The van der Waals surface area contributed by atoms with E-state index in [4.69, 9.17) is 0 Å². The van der Waals surface area contributed by atoms with Gasteiger partial charge in [-0.3, -0.25) is 4.79 Å². The smallest absolute Gasteiger partial charge is 0.231 e. The number of phenols is 3. The SMILES string of the molecule is CC(C)=CCC/C(C)=C/CC/C(C)=C/CN1C(=O)Cc2cccc(O)c2Nc2c(O)cc(O)cc21. The Morgan fingerprint density at radius 2 is 1.60 bits per heavy atom. The van der Waals surface area contributed by atoms with Crippen LogP contribution in [0, 0.1) is 0 Å². The maximum atomic E-state index is 13.3. The first-order chi connectivity index (χ1) is 16.7. The second-order valence-corrected chi connectivity index (χ2v) is 9.44. The largest absolute Gasteiger partial charge is 0.508 e. The maximum absolute atomic E-state index is 13.3. The van der Waals surface area contributed by atoms with Gasteiger partial charge in [-0.2, -0.15) is 0 Å². The van der Waals surface area contributed by atoms with Gasteiger partial charge in [-0.1, -0.05) is 47.1 Å². The van der Waals surface area contributed by atoms with Crippen LogP contribution in [0.15, 0.2) is 65.3 Å². The first-order valence-corrected chi connectivity index (χ1v) is 12.0. The molecular weight excluding hydrogens is 440 g/mol. The Morgan fingerprint density at radius 1 is 0.914 bits per heavy atom. The molecule has 1 aliphatic heterocycles. The number of nitrogens with zero attached hydrogens (tertiary/aromatic N) is 1. The van der Waals surface area contributed by atoms with Crippen molar-refractivity contribution in [2.75, 3.05) is 16.8 Å². The summed E-state index contributed by atoms with van der Waals surface area (Å²) in [5.74, 6) is -0.553. The number of fused-ring (bicyclic) bond motifs is 2. The Hall–Kier alpha value is -3.67. The van der Waals surface area contributed by atoms with E-state index in [9.17, 15) is 20.1 Å². The van der Waals surface area contributed by atoms with Crippen LogP contribution in [0.3, 0.4) is 0 Å². The predicted octanol–water partition coefficient (Wildman–Crippen LogP) is 6.86. The lowest BCUT2D eigenvalue weighted by Gasteiger charge is -2.29. The molecule has 0 radical (unpaired) electrons. The minimum atomic E-state index is -0.205. The molecule has 3 rings (SSSR count). The quantitative estimate of drug-likeness (QED) is 0.190. The number of aromatic hydroxyl groups is 3. The van der Waals surface area contributed by atoms with E-state index in [1.54, 1.807) is 17.0 Å². The normalized spacial score (nSPS) is 13.9. The first-order valence-electron chi connectivity index (χ1n) is 12.0. The molecule has 0 atom stereocenters. The zero-order chi connectivity index (χ0) is 25.5. The number of benzene rings is 2. The van der Waals surface area contributed by atoms with E-state index in [0.717, 1.165) is 31.3 Å². The summed E-state index contributed by atoms with van der Waals surface area (Å²) in [6.07, 6.45) is 10.6. The van der Waals surface area contributed by atoms with Gasteiger partial charge in [0.1, 0.15) is 22.9 Å². The van der Waals surface area contributed by atoms with E-state index in [2.05, 4.69) is 38.2 Å². The number of amides is 1. The molecule has 6 nitrogen and oxygen atoms in total. The molecule has 1 heterocycles. The number of para-hydroxylation sites is 1. The third-order valence-electron chi connectivity index (χ3n) is 6.14. The number of allylic oxidation sites excluding steroid dienone is 5. The van der Waals surface area contributed by atoms with E-state index in [1.807, 2.05) is 13.0 Å². The first kappa shape index (κ1) is 25.9. The van der Waals surface area contributed by atoms with Gasteiger partial charge >= 0.3 is 0 Å². The minimum absolute atomic E-state index is 0.0119. The highest BCUT2D eigenvalue weighted by Gasteiger charge is 2.26. The molecule has 0 bridgehead atoms. The molecular formula is C29H36N2O4. The van der Waals surface area contributed by atoms with Gasteiger partial charge in [0.2, 0.25) is 5.91 Å². The molecule has 35 heavy (non-hydrogen) atoms. The number of rotatable bonds is 8. The van der Waals surface area contributed by atoms with E-state index >= 15 is 0 Å². The van der Waals surface area contributed by atoms with Crippen LogP contribution in [-0.2, 0) is 11.2 Å². The number of carbonyl (C=O) groups excluding carboxylic acids is 1. The molecule has 0 aliphatic carbocycles. The molecule has 0 fully saturated rings. The zero-order valence-electron chi connectivity index (χ0n) is 21.1.